The normalized spacial score (nSPS) is 15.7. The number of amides is 1. The number of nitrogens with zero attached hydrogens (tertiary/aromatic N) is 4. The summed E-state index contributed by atoms with van der Waals surface area (Å²) in [6.45, 7) is 8.37. The zero-order valence-electron chi connectivity index (χ0n) is 15.9. The molecule has 0 radical (unpaired) electrons. The first-order valence-corrected chi connectivity index (χ1v) is 9.93. The summed E-state index contributed by atoms with van der Waals surface area (Å²) in [5.74, 6) is 1.67. The third kappa shape index (κ3) is 4.53. The van der Waals surface area contributed by atoms with Gasteiger partial charge in [0.2, 0.25) is 5.91 Å². The van der Waals surface area contributed by atoms with Crippen LogP contribution in [0.1, 0.15) is 29.6 Å². The van der Waals surface area contributed by atoms with Crippen molar-refractivity contribution in [2.75, 3.05) is 31.1 Å². The molecule has 1 aromatic carbocycles. The monoisotopic (exact) mass is 406 g/mol. The lowest BCUT2D eigenvalue weighted by Gasteiger charge is -2.37. The van der Waals surface area contributed by atoms with Crippen molar-refractivity contribution in [3.05, 3.63) is 51.9 Å². The molecule has 1 aromatic heterocycles. The van der Waals surface area contributed by atoms with E-state index in [1.165, 1.54) is 0 Å². The second-order valence-corrected chi connectivity index (χ2v) is 7.92. The van der Waals surface area contributed by atoms with Gasteiger partial charge >= 0.3 is 0 Å². The average molecular weight is 407 g/mol. The number of rotatable bonds is 4. The van der Waals surface area contributed by atoms with Crippen LogP contribution in [0.15, 0.2) is 24.3 Å². The van der Waals surface area contributed by atoms with Crippen LogP contribution in [0.25, 0.3) is 0 Å². The van der Waals surface area contributed by atoms with Crippen molar-refractivity contribution in [3.63, 3.8) is 0 Å². The Morgan fingerprint density at radius 2 is 1.81 bits per heavy atom. The van der Waals surface area contributed by atoms with Crippen LogP contribution in [0.3, 0.4) is 0 Å². The van der Waals surface area contributed by atoms with Gasteiger partial charge < -0.3 is 9.80 Å². The maximum absolute atomic E-state index is 12.1. The molecule has 27 heavy (non-hydrogen) atoms. The van der Waals surface area contributed by atoms with Gasteiger partial charge in [-0.05, 0) is 32.4 Å². The van der Waals surface area contributed by atoms with Gasteiger partial charge in [-0.25, -0.2) is 9.97 Å². The van der Waals surface area contributed by atoms with Crippen molar-refractivity contribution < 1.29 is 4.79 Å². The van der Waals surface area contributed by atoms with Crippen molar-refractivity contribution in [2.45, 2.75) is 32.6 Å². The highest BCUT2D eigenvalue weighted by Crippen LogP contribution is 2.27. The van der Waals surface area contributed by atoms with Crippen LogP contribution in [-0.2, 0) is 11.2 Å². The van der Waals surface area contributed by atoms with Gasteiger partial charge in [0.15, 0.2) is 0 Å². The Morgan fingerprint density at radius 3 is 2.44 bits per heavy atom. The SMILES string of the molecule is Cc1nc(C)c(Cc2ccccc2Cl)c(N2CCN(C(=O)[C@@H](C)Cl)CC2)n1. The van der Waals surface area contributed by atoms with Crippen molar-refractivity contribution in [3.8, 4) is 0 Å². The van der Waals surface area contributed by atoms with E-state index in [1.807, 2.05) is 43.0 Å². The van der Waals surface area contributed by atoms with Crippen molar-refractivity contribution in [1.82, 2.24) is 14.9 Å². The number of hydrogen-bond donors (Lipinski definition) is 0. The number of piperazine rings is 1. The first kappa shape index (κ1) is 19.9. The van der Waals surface area contributed by atoms with Crippen molar-refractivity contribution in [1.29, 1.82) is 0 Å². The minimum Gasteiger partial charge on any atom is -0.353 e. The Kier molecular flexibility index (Phi) is 6.22. The number of aromatic nitrogens is 2. The summed E-state index contributed by atoms with van der Waals surface area (Å²) in [6.07, 6.45) is 0.680. The molecule has 2 heterocycles. The molecule has 2 aromatic rings. The summed E-state index contributed by atoms with van der Waals surface area (Å²) in [6, 6.07) is 7.85. The number of carbonyl (C=O) groups is 1. The van der Waals surface area contributed by atoms with Crippen LogP contribution in [0, 0.1) is 13.8 Å². The first-order valence-electron chi connectivity index (χ1n) is 9.12. The van der Waals surface area contributed by atoms with Crippen molar-refractivity contribution in [2.24, 2.45) is 0 Å². The molecule has 144 valence electrons. The van der Waals surface area contributed by atoms with E-state index in [9.17, 15) is 4.79 Å². The number of halogens is 2. The Bertz CT molecular complexity index is 833. The number of hydrogen-bond acceptors (Lipinski definition) is 4. The molecular weight excluding hydrogens is 383 g/mol. The highest BCUT2D eigenvalue weighted by Gasteiger charge is 2.26. The second kappa shape index (κ2) is 8.44. The van der Waals surface area contributed by atoms with E-state index in [1.54, 1.807) is 6.92 Å². The van der Waals surface area contributed by atoms with E-state index >= 15 is 0 Å². The summed E-state index contributed by atoms with van der Waals surface area (Å²) >= 11 is 12.3. The molecule has 1 fully saturated rings. The quantitative estimate of drug-likeness (QED) is 0.727. The third-order valence-corrected chi connectivity index (χ3v) is 5.42. The van der Waals surface area contributed by atoms with Crippen LogP contribution in [0.2, 0.25) is 5.02 Å². The Hall–Kier alpha value is -1.85. The van der Waals surface area contributed by atoms with E-state index in [4.69, 9.17) is 28.2 Å². The molecule has 0 N–H and O–H groups in total. The Morgan fingerprint density at radius 1 is 1.15 bits per heavy atom. The average Bonchev–Trinajstić information content (AvgIpc) is 2.64. The lowest BCUT2D eigenvalue weighted by atomic mass is 10.0. The summed E-state index contributed by atoms with van der Waals surface area (Å²) in [5.41, 5.74) is 3.10. The summed E-state index contributed by atoms with van der Waals surface area (Å²) in [5, 5.41) is 0.255. The highest BCUT2D eigenvalue weighted by molar-refractivity contribution is 6.31. The van der Waals surface area contributed by atoms with E-state index in [0.29, 0.717) is 19.5 Å². The van der Waals surface area contributed by atoms with Gasteiger partial charge in [0.05, 0.1) is 0 Å². The largest absolute Gasteiger partial charge is 0.353 e. The standard InChI is InChI=1S/C20H24Cl2N4O/c1-13(21)20(27)26-10-8-25(9-11-26)19-17(14(2)23-15(3)24-19)12-16-6-4-5-7-18(16)22/h4-7,13H,8-12H2,1-3H3/t13-/m1/s1. The highest BCUT2D eigenvalue weighted by atomic mass is 35.5. The van der Waals surface area contributed by atoms with Gasteiger partial charge in [-0.15, -0.1) is 11.6 Å². The molecule has 0 unspecified atom stereocenters. The molecule has 1 saturated heterocycles. The summed E-state index contributed by atoms with van der Waals surface area (Å²) in [4.78, 5) is 25.5. The first-order chi connectivity index (χ1) is 12.9. The number of alkyl halides is 1. The second-order valence-electron chi connectivity index (χ2n) is 6.85. The maximum atomic E-state index is 12.1. The van der Waals surface area contributed by atoms with E-state index in [0.717, 1.165) is 46.6 Å². The molecule has 0 spiro atoms. The van der Waals surface area contributed by atoms with Gasteiger partial charge in [-0.1, -0.05) is 29.8 Å². The van der Waals surface area contributed by atoms with Crippen LogP contribution in [0.5, 0.6) is 0 Å². The van der Waals surface area contributed by atoms with Gasteiger partial charge in [0.1, 0.15) is 17.0 Å². The minimum absolute atomic E-state index is 0.0114. The Labute approximate surface area is 170 Å². The Balaban J connectivity index is 1.86. The molecule has 5 nitrogen and oxygen atoms in total. The van der Waals surface area contributed by atoms with E-state index < -0.39 is 5.38 Å². The zero-order chi connectivity index (χ0) is 19.6. The van der Waals surface area contributed by atoms with E-state index in [2.05, 4.69) is 9.88 Å². The third-order valence-electron chi connectivity index (χ3n) is 4.86. The molecule has 7 heteroatoms. The number of anilines is 1. The fourth-order valence-electron chi connectivity index (χ4n) is 3.41. The van der Waals surface area contributed by atoms with Gasteiger partial charge in [0.25, 0.3) is 0 Å². The molecule has 3 rings (SSSR count). The van der Waals surface area contributed by atoms with Crippen LogP contribution >= 0.6 is 23.2 Å². The lowest BCUT2D eigenvalue weighted by Crippen LogP contribution is -2.51. The summed E-state index contributed by atoms with van der Waals surface area (Å²) < 4.78 is 0. The number of carbonyl (C=O) groups excluding carboxylic acids is 1. The van der Waals surface area contributed by atoms with Crippen LogP contribution < -0.4 is 4.90 Å². The predicted molar refractivity (Wildman–Crippen MR) is 110 cm³/mol. The van der Waals surface area contributed by atoms with E-state index in [-0.39, 0.29) is 5.91 Å². The van der Waals surface area contributed by atoms with Gasteiger partial charge in [0, 0.05) is 48.9 Å². The van der Waals surface area contributed by atoms with Crippen molar-refractivity contribution >= 4 is 34.9 Å². The fraction of sp³-hybridized carbons (Fsp3) is 0.450. The maximum Gasteiger partial charge on any atom is 0.240 e. The molecule has 1 aliphatic heterocycles. The smallest absolute Gasteiger partial charge is 0.240 e. The van der Waals surface area contributed by atoms with Crippen LogP contribution in [-0.4, -0.2) is 52.3 Å². The molecule has 0 saturated carbocycles. The molecular formula is C20H24Cl2N4O. The van der Waals surface area contributed by atoms with Gasteiger partial charge in [-0.3, -0.25) is 4.79 Å². The number of benzene rings is 1. The molecule has 1 amide bonds. The summed E-state index contributed by atoms with van der Waals surface area (Å²) in [7, 11) is 0. The predicted octanol–water partition coefficient (Wildman–Crippen LogP) is 3.61. The van der Waals surface area contributed by atoms with Gasteiger partial charge in [-0.2, -0.15) is 0 Å². The molecule has 0 bridgehead atoms. The molecule has 0 aliphatic carbocycles. The topological polar surface area (TPSA) is 49.3 Å². The fourth-order valence-corrected chi connectivity index (χ4v) is 3.75. The zero-order valence-corrected chi connectivity index (χ0v) is 17.4. The minimum atomic E-state index is -0.490. The lowest BCUT2D eigenvalue weighted by molar-refractivity contribution is -0.130. The molecule has 1 aliphatic rings. The number of aryl methyl sites for hydroxylation is 2. The molecule has 1 atom stereocenters. The van der Waals surface area contributed by atoms with Crippen LogP contribution in [0.4, 0.5) is 5.82 Å².